The fourth-order valence-corrected chi connectivity index (χ4v) is 8.18. The zero-order valence-electron chi connectivity index (χ0n) is 50.0. The number of fused-ring (bicyclic) bond motifs is 3. The molecule has 0 spiro atoms. The van der Waals surface area contributed by atoms with Crippen molar-refractivity contribution < 1.29 is 76.2 Å². The van der Waals surface area contributed by atoms with Crippen LogP contribution in [0.25, 0.3) is 32.7 Å². The molecule has 0 saturated heterocycles. The van der Waals surface area contributed by atoms with Gasteiger partial charge in [-0.05, 0) is 86.6 Å². The molecule has 0 unspecified atom stereocenters. The molecule has 0 fully saturated rings. The van der Waals surface area contributed by atoms with Crippen LogP contribution in [0.5, 0.6) is 34.5 Å². The van der Waals surface area contributed by atoms with Crippen LogP contribution in [0.2, 0.25) is 0 Å². The van der Waals surface area contributed by atoms with Gasteiger partial charge in [0.15, 0.2) is 34.5 Å². The number of amides is 1. The van der Waals surface area contributed by atoms with E-state index < -0.39 is 23.4 Å². The molecule has 9 rings (SSSR count). The standard InChI is InChI=1S/C22H20FN3O4.C20H17FN4O4.C17H12FN3O2.C5H9BrO2.H3NO/c1-4-14-10-15(6-7-17(14)23)26-22-16-11-20(30-9-8-21(27)29-5-2)19(28-3)12-18(16)24-13-25-22;1-3-12-8-13(4-5-15(12)21)24-20-14-9-18(29-7-6-19(26)25-27)17(28-2)10-16(14)22-11-23-20;1-3-10-6-11(4-5-13(10)18)21-17-12-7-15(22)16(23-2)8-14(12)19-9-20-17;1-2-8-5(7)3-4-6;1-2/h1,6-7,10-13H,5,8-9H2,2-3H3,(H,24,25,26);1,4-5,8-11,27H,6-7H2,2H3,(H,25,26)(H,22,23,24);1,4-9,22H,2H3,(H,19,20,21);2-4H2,1H3;2H,1H2. The van der Waals surface area contributed by atoms with Gasteiger partial charge in [0.2, 0.25) is 5.91 Å². The Morgan fingerprint density at radius 1 is 0.522 bits per heavy atom. The summed E-state index contributed by atoms with van der Waals surface area (Å²) in [4.78, 5) is 58.4. The number of aromatic hydroxyl groups is 1. The summed E-state index contributed by atoms with van der Waals surface area (Å²) in [5.41, 5.74) is 5.45. The number of halogens is 4. The van der Waals surface area contributed by atoms with Gasteiger partial charge in [-0.25, -0.2) is 54.5 Å². The molecular weight excluding hydrogens is 1270 g/mol. The first-order valence-electron chi connectivity index (χ1n) is 27.1. The number of esters is 2. The number of benzene rings is 6. The van der Waals surface area contributed by atoms with Crippen LogP contribution < -0.4 is 51.0 Å². The number of phenols is 1. The summed E-state index contributed by atoms with van der Waals surface area (Å²) >= 11 is 3.12. The number of hydrogen-bond donors (Lipinski definition) is 8. The Labute approximate surface area is 534 Å². The second-order valence-corrected chi connectivity index (χ2v) is 18.7. The molecule has 24 nitrogen and oxygen atoms in total. The average molecular weight is 1330 g/mol. The quantitative estimate of drug-likeness (QED) is 0.0109. The normalized spacial score (nSPS) is 10.0. The van der Waals surface area contributed by atoms with Crippen molar-refractivity contribution in [2.75, 3.05) is 69.0 Å². The van der Waals surface area contributed by atoms with Gasteiger partial charge < -0.3 is 59.4 Å². The number of nitrogens with one attached hydrogen (secondary N) is 4. The van der Waals surface area contributed by atoms with Crippen LogP contribution in [-0.2, 0) is 23.9 Å². The van der Waals surface area contributed by atoms with Crippen molar-refractivity contribution in [2.24, 2.45) is 5.90 Å². The molecule has 1 amide bonds. The summed E-state index contributed by atoms with van der Waals surface area (Å²) in [7, 11) is 4.45. The summed E-state index contributed by atoms with van der Waals surface area (Å²) in [5.74, 6) is 11.2. The topological polar surface area (TPSA) is 328 Å². The molecular formula is C64H61BrF3N11O13. The van der Waals surface area contributed by atoms with Crippen molar-refractivity contribution in [1.29, 1.82) is 0 Å². The van der Waals surface area contributed by atoms with Crippen molar-refractivity contribution in [2.45, 2.75) is 33.1 Å². The maximum absolute atomic E-state index is 13.7. The second kappa shape index (κ2) is 36.9. The molecule has 478 valence electrons. The number of ether oxygens (including phenoxy) is 7. The number of hydroxylamine groups is 1. The largest absolute Gasteiger partial charge is 0.504 e. The van der Waals surface area contributed by atoms with Crippen LogP contribution in [0.1, 0.15) is 49.8 Å². The number of aromatic nitrogens is 6. The molecule has 0 atom stereocenters. The lowest BCUT2D eigenvalue weighted by molar-refractivity contribution is -0.144. The van der Waals surface area contributed by atoms with Crippen molar-refractivity contribution in [3.05, 3.63) is 144 Å². The second-order valence-electron chi connectivity index (χ2n) is 17.9. The number of rotatable bonds is 21. The van der Waals surface area contributed by atoms with Gasteiger partial charge in [-0.3, -0.25) is 19.6 Å². The lowest BCUT2D eigenvalue weighted by Crippen LogP contribution is -2.20. The Morgan fingerprint density at radius 3 is 1.23 bits per heavy atom. The van der Waals surface area contributed by atoms with E-state index >= 15 is 0 Å². The van der Waals surface area contributed by atoms with Gasteiger partial charge >= 0.3 is 11.9 Å². The van der Waals surface area contributed by atoms with Crippen molar-refractivity contribution in [3.63, 3.8) is 0 Å². The SMILES string of the molecule is C#Cc1cc(Nc2ncnc3cc(OC)c(O)cc23)ccc1F.C#Cc1cc(Nc2ncnc3cc(OC)c(OCCC(=O)NO)cc23)ccc1F.C#Cc1cc(Nc2ncnc3cc(OC)c(OCCC(=O)OCC)cc23)ccc1F.CCOC(=O)CCBr.NO. The number of nitrogens with two attached hydrogens (primary N) is 1. The van der Waals surface area contributed by atoms with E-state index in [4.69, 9.17) is 58.1 Å². The van der Waals surface area contributed by atoms with Gasteiger partial charge in [0.05, 0.1) is 100 Å². The lowest BCUT2D eigenvalue weighted by atomic mass is 10.1. The first-order chi connectivity index (χ1) is 44.5. The van der Waals surface area contributed by atoms with E-state index in [2.05, 4.69) is 90.2 Å². The fraction of sp³-hybridized carbons (Fsp3) is 0.203. The molecule has 9 N–H and O–H groups in total. The van der Waals surface area contributed by atoms with Gasteiger partial charge in [-0.2, -0.15) is 0 Å². The average Bonchev–Trinajstić information content (AvgIpc) is 0.840. The number of nitrogens with zero attached hydrogens (tertiary/aromatic N) is 6. The summed E-state index contributed by atoms with van der Waals surface area (Å²) < 4.78 is 77.3. The third-order valence-corrected chi connectivity index (χ3v) is 12.5. The highest BCUT2D eigenvalue weighted by atomic mass is 79.9. The predicted octanol–water partition coefficient (Wildman–Crippen LogP) is 10.5. The number of terminal acetylenes is 3. The third kappa shape index (κ3) is 20.4. The highest BCUT2D eigenvalue weighted by Gasteiger charge is 2.17. The number of phenolic OH excluding ortho intramolecular Hbond substituents is 1. The maximum Gasteiger partial charge on any atom is 0.309 e. The monoisotopic (exact) mass is 1330 g/mol. The molecule has 0 saturated carbocycles. The maximum atomic E-state index is 13.7. The van der Waals surface area contributed by atoms with E-state index in [9.17, 15) is 32.7 Å². The van der Waals surface area contributed by atoms with E-state index in [1.807, 2.05) is 0 Å². The Balaban J connectivity index is 0.000000234. The van der Waals surface area contributed by atoms with Crippen LogP contribution in [-0.4, -0.2) is 116 Å². The first kappa shape index (κ1) is 71.5. The molecule has 0 aliphatic carbocycles. The summed E-state index contributed by atoms with van der Waals surface area (Å²) in [5, 5.41) is 36.8. The molecule has 0 aliphatic rings. The number of anilines is 6. The number of hydrogen-bond acceptors (Lipinski definition) is 23. The smallest absolute Gasteiger partial charge is 0.309 e. The highest BCUT2D eigenvalue weighted by Crippen LogP contribution is 2.38. The van der Waals surface area contributed by atoms with Gasteiger partial charge in [-0.1, -0.05) is 33.7 Å². The predicted molar refractivity (Wildman–Crippen MR) is 341 cm³/mol. The number of carbonyl (C=O) groups is 3. The van der Waals surface area contributed by atoms with E-state index in [0.29, 0.717) is 121 Å². The van der Waals surface area contributed by atoms with Crippen molar-refractivity contribution >= 4 is 101 Å². The van der Waals surface area contributed by atoms with Gasteiger partial charge in [0.25, 0.3) is 0 Å². The van der Waals surface area contributed by atoms with Crippen LogP contribution >= 0.6 is 15.9 Å². The van der Waals surface area contributed by atoms with Crippen molar-refractivity contribution in [1.82, 2.24) is 35.4 Å². The number of carbonyl (C=O) groups excluding carboxylic acids is 3. The zero-order valence-corrected chi connectivity index (χ0v) is 51.6. The highest BCUT2D eigenvalue weighted by molar-refractivity contribution is 9.09. The summed E-state index contributed by atoms with van der Waals surface area (Å²) in [6, 6.07) is 22.9. The zero-order chi connectivity index (χ0) is 67.1. The minimum absolute atomic E-state index is 0.0220. The van der Waals surface area contributed by atoms with Gasteiger partial charge in [0, 0.05) is 56.8 Å². The Hall–Kier alpha value is -11.2. The fourth-order valence-electron chi connectivity index (χ4n) is 7.86. The Kier molecular flexibility index (Phi) is 28.7. The lowest BCUT2D eigenvalue weighted by Gasteiger charge is -2.14. The molecule has 6 aromatic carbocycles. The van der Waals surface area contributed by atoms with Crippen molar-refractivity contribution in [3.8, 4) is 71.5 Å². The minimum atomic E-state index is -0.573. The molecule has 0 radical (unpaired) electrons. The van der Waals surface area contributed by atoms with E-state index in [-0.39, 0.29) is 60.4 Å². The Morgan fingerprint density at radius 2 is 0.880 bits per heavy atom. The van der Waals surface area contributed by atoms with Gasteiger partial charge in [-0.15, -0.1) is 19.3 Å². The molecule has 28 heteroatoms. The molecule has 3 aromatic heterocycles. The summed E-state index contributed by atoms with van der Waals surface area (Å²) in [6.45, 7) is 4.48. The summed E-state index contributed by atoms with van der Waals surface area (Å²) in [6.07, 6.45) is 20.6. The van der Waals surface area contributed by atoms with Crippen LogP contribution in [0.3, 0.4) is 0 Å². The van der Waals surface area contributed by atoms with Crippen LogP contribution in [0, 0.1) is 54.5 Å². The van der Waals surface area contributed by atoms with E-state index in [1.54, 1.807) is 62.4 Å². The molecule has 0 bridgehead atoms. The van der Waals surface area contributed by atoms with Crippen LogP contribution in [0.15, 0.2) is 110 Å². The van der Waals surface area contributed by atoms with E-state index in [0.717, 1.165) is 0 Å². The molecule has 9 aromatic rings. The number of methoxy groups -OCH3 is 3. The minimum Gasteiger partial charge on any atom is -0.504 e. The molecule has 92 heavy (non-hydrogen) atoms. The molecule has 0 aliphatic heterocycles. The molecule has 3 heterocycles. The van der Waals surface area contributed by atoms with Gasteiger partial charge in [0.1, 0.15) is 53.9 Å². The number of alkyl halides is 1. The Bertz CT molecular complexity index is 4150. The third-order valence-electron chi connectivity index (χ3n) is 12.1. The van der Waals surface area contributed by atoms with E-state index in [1.165, 1.54) is 88.3 Å². The van der Waals surface area contributed by atoms with Crippen LogP contribution in [0.4, 0.5) is 47.7 Å². The first-order valence-corrected chi connectivity index (χ1v) is 28.2.